The van der Waals surface area contributed by atoms with E-state index in [4.69, 9.17) is 4.74 Å². The second-order valence-corrected chi connectivity index (χ2v) is 4.87. The second kappa shape index (κ2) is 6.80. The molecule has 1 N–H and O–H groups in total. The number of hydrogen-bond donors (Lipinski definition) is 1. The van der Waals surface area contributed by atoms with Gasteiger partial charge in [0.15, 0.2) is 0 Å². The number of rotatable bonds is 5. The quantitative estimate of drug-likeness (QED) is 0.909. The molecule has 1 fully saturated rings. The Bertz CT molecular complexity index is 485. The molecule has 7 heteroatoms. The van der Waals surface area contributed by atoms with E-state index >= 15 is 0 Å². The number of para-hydroxylation sites is 1. The van der Waals surface area contributed by atoms with Crippen molar-refractivity contribution < 1.29 is 27.4 Å². The van der Waals surface area contributed by atoms with E-state index in [0.29, 0.717) is 19.6 Å². The number of nitrogens with one attached hydrogen (secondary N) is 1. The van der Waals surface area contributed by atoms with Crippen LogP contribution < -0.4 is 10.1 Å². The number of carbonyl (C=O) groups excluding carboxylic acids is 1. The molecule has 0 radical (unpaired) electrons. The molecular formula is C14H16F3NO3. The molecule has 116 valence electrons. The number of halogens is 3. The maximum atomic E-state index is 12.3. The van der Waals surface area contributed by atoms with Crippen molar-refractivity contribution >= 4 is 5.91 Å². The van der Waals surface area contributed by atoms with Crippen LogP contribution >= 0.6 is 0 Å². The molecule has 1 aromatic carbocycles. The van der Waals surface area contributed by atoms with E-state index in [1.165, 1.54) is 18.2 Å². The Kier molecular flexibility index (Phi) is 5.06. The third-order valence-electron chi connectivity index (χ3n) is 3.17. The lowest BCUT2D eigenvalue weighted by atomic mass is 10.0. The van der Waals surface area contributed by atoms with E-state index in [0.717, 1.165) is 6.42 Å². The van der Waals surface area contributed by atoms with Crippen LogP contribution in [0.4, 0.5) is 13.2 Å². The van der Waals surface area contributed by atoms with Gasteiger partial charge in [-0.2, -0.15) is 0 Å². The Balaban J connectivity index is 1.88. The van der Waals surface area contributed by atoms with Crippen LogP contribution in [0.2, 0.25) is 0 Å². The summed E-state index contributed by atoms with van der Waals surface area (Å²) >= 11 is 0. The summed E-state index contributed by atoms with van der Waals surface area (Å²) in [6, 6.07) is 5.75. The van der Waals surface area contributed by atoms with Gasteiger partial charge in [0, 0.05) is 31.7 Å². The van der Waals surface area contributed by atoms with Crippen LogP contribution in [-0.4, -0.2) is 25.5 Å². The first-order valence-corrected chi connectivity index (χ1v) is 6.62. The number of benzene rings is 1. The monoisotopic (exact) mass is 303 g/mol. The van der Waals surface area contributed by atoms with Crippen molar-refractivity contribution in [2.24, 2.45) is 5.92 Å². The summed E-state index contributed by atoms with van der Waals surface area (Å²) in [6.45, 7) is 1.21. The normalized spacial score (nSPS) is 18.5. The molecule has 1 aliphatic heterocycles. The average molecular weight is 303 g/mol. The van der Waals surface area contributed by atoms with E-state index in [9.17, 15) is 18.0 Å². The summed E-state index contributed by atoms with van der Waals surface area (Å²) in [5.41, 5.74) is 0.283. The Labute approximate surface area is 120 Å². The summed E-state index contributed by atoms with van der Waals surface area (Å²) in [5, 5.41) is 2.61. The third-order valence-corrected chi connectivity index (χ3v) is 3.17. The molecular weight excluding hydrogens is 287 g/mol. The van der Waals surface area contributed by atoms with Crippen molar-refractivity contribution in [2.45, 2.75) is 25.7 Å². The van der Waals surface area contributed by atoms with E-state index in [2.05, 4.69) is 10.1 Å². The molecule has 0 spiro atoms. The average Bonchev–Trinajstić information content (AvgIpc) is 2.89. The highest BCUT2D eigenvalue weighted by molar-refractivity contribution is 5.76. The van der Waals surface area contributed by atoms with Gasteiger partial charge in [0.2, 0.25) is 5.91 Å². The van der Waals surface area contributed by atoms with Gasteiger partial charge in [-0.3, -0.25) is 4.79 Å². The number of carbonyl (C=O) groups is 1. The lowest BCUT2D eigenvalue weighted by molar-refractivity contribution is -0.274. The Morgan fingerprint density at radius 2 is 2.14 bits per heavy atom. The molecule has 0 unspecified atom stereocenters. The maximum absolute atomic E-state index is 12.3. The number of hydrogen-bond acceptors (Lipinski definition) is 3. The van der Waals surface area contributed by atoms with Crippen molar-refractivity contribution in [1.29, 1.82) is 0 Å². The van der Waals surface area contributed by atoms with Gasteiger partial charge in [0.1, 0.15) is 5.75 Å². The molecule has 0 aliphatic carbocycles. The van der Waals surface area contributed by atoms with E-state index < -0.39 is 6.36 Å². The van der Waals surface area contributed by atoms with Crippen molar-refractivity contribution in [2.75, 3.05) is 13.2 Å². The molecule has 21 heavy (non-hydrogen) atoms. The van der Waals surface area contributed by atoms with Gasteiger partial charge in [-0.15, -0.1) is 13.2 Å². The molecule has 1 amide bonds. The topological polar surface area (TPSA) is 47.6 Å². The zero-order chi connectivity index (χ0) is 15.3. The van der Waals surface area contributed by atoms with Gasteiger partial charge >= 0.3 is 6.36 Å². The van der Waals surface area contributed by atoms with Crippen molar-refractivity contribution in [3.8, 4) is 5.75 Å². The third kappa shape index (κ3) is 5.26. The maximum Gasteiger partial charge on any atom is 0.573 e. The molecule has 4 nitrogen and oxygen atoms in total. The number of ether oxygens (including phenoxy) is 2. The molecule has 1 saturated heterocycles. The molecule has 1 aliphatic rings. The fourth-order valence-electron chi connectivity index (χ4n) is 2.15. The summed E-state index contributed by atoms with van der Waals surface area (Å²) in [6.07, 6.45) is -3.59. The minimum absolute atomic E-state index is 0.00133. The number of amides is 1. The van der Waals surface area contributed by atoms with Crippen LogP contribution in [-0.2, 0) is 16.1 Å². The van der Waals surface area contributed by atoms with Gasteiger partial charge in [0.05, 0.1) is 0 Å². The molecule has 0 aromatic heterocycles. The number of alkyl halides is 3. The highest BCUT2D eigenvalue weighted by Crippen LogP contribution is 2.26. The zero-order valence-corrected chi connectivity index (χ0v) is 11.3. The molecule has 0 saturated carbocycles. The van der Waals surface area contributed by atoms with Crippen molar-refractivity contribution in [1.82, 2.24) is 5.32 Å². The van der Waals surface area contributed by atoms with Crippen LogP contribution in [0.3, 0.4) is 0 Å². The highest BCUT2D eigenvalue weighted by atomic mass is 19.4. The molecule has 1 heterocycles. The Morgan fingerprint density at radius 3 is 2.81 bits per heavy atom. The Morgan fingerprint density at radius 1 is 1.38 bits per heavy atom. The first-order chi connectivity index (χ1) is 9.94. The van der Waals surface area contributed by atoms with Crippen LogP contribution in [0.1, 0.15) is 18.4 Å². The van der Waals surface area contributed by atoms with E-state index in [-0.39, 0.29) is 29.7 Å². The standard InChI is InChI=1S/C14H16F3NO3/c15-14(16,17)21-12-4-2-1-3-11(12)8-18-13(19)7-10-5-6-20-9-10/h1-4,10H,5-9H2,(H,18,19)/t10-/m1/s1. The Hall–Kier alpha value is -1.76. The van der Waals surface area contributed by atoms with E-state index in [1.54, 1.807) is 6.07 Å². The summed E-state index contributed by atoms with van der Waals surface area (Å²) in [4.78, 5) is 11.7. The SMILES string of the molecule is O=C(C[C@H]1CCOC1)NCc1ccccc1OC(F)(F)F. The van der Waals surface area contributed by atoms with Crippen molar-refractivity contribution in [3.63, 3.8) is 0 Å². The summed E-state index contributed by atoms with van der Waals surface area (Å²) in [5.74, 6) is -0.312. The summed E-state index contributed by atoms with van der Waals surface area (Å²) in [7, 11) is 0. The zero-order valence-electron chi connectivity index (χ0n) is 11.3. The molecule has 1 aromatic rings. The molecule has 2 rings (SSSR count). The van der Waals surface area contributed by atoms with Gasteiger partial charge in [-0.1, -0.05) is 18.2 Å². The first kappa shape index (κ1) is 15.6. The highest BCUT2D eigenvalue weighted by Gasteiger charge is 2.32. The van der Waals surface area contributed by atoms with Gasteiger partial charge in [-0.25, -0.2) is 0 Å². The minimum Gasteiger partial charge on any atom is -0.405 e. The van der Waals surface area contributed by atoms with Crippen LogP contribution in [0.25, 0.3) is 0 Å². The first-order valence-electron chi connectivity index (χ1n) is 6.62. The summed E-state index contributed by atoms with van der Waals surface area (Å²) < 4.78 is 45.9. The van der Waals surface area contributed by atoms with Gasteiger partial charge in [-0.05, 0) is 18.4 Å². The van der Waals surface area contributed by atoms with E-state index in [1.807, 2.05) is 0 Å². The second-order valence-electron chi connectivity index (χ2n) is 4.87. The van der Waals surface area contributed by atoms with Crippen LogP contribution in [0.5, 0.6) is 5.75 Å². The predicted molar refractivity (Wildman–Crippen MR) is 68.5 cm³/mol. The fraction of sp³-hybridized carbons (Fsp3) is 0.500. The minimum atomic E-state index is -4.75. The largest absolute Gasteiger partial charge is 0.573 e. The van der Waals surface area contributed by atoms with Gasteiger partial charge < -0.3 is 14.8 Å². The van der Waals surface area contributed by atoms with Crippen LogP contribution in [0, 0.1) is 5.92 Å². The lowest BCUT2D eigenvalue weighted by Gasteiger charge is -2.14. The predicted octanol–water partition coefficient (Wildman–Crippen LogP) is 2.63. The lowest BCUT2D eigenvalue weighted by Crippen LogP contribution is -2.26. The van der Waals surface area contributed by atoms with Crippen LogP contribution in [0.15, 0.2) is 24.3 Å². The molecule has 0 bridgehead atoms. The smallest absolute Gasteiger partial charge is 0.405 e. The fourth-order valence-corrected chi connectivity index (χ4v) is 2.15. The van der Waals surface area contributed by atoms with Crippen molar-refractivity contribution in [3.05, 3.63) is 29.8 Å². The molecule has 1 atom stereocenters. The van der Waals surface area contributed by atoms with Gasteiger partial charge in [0.25, 0.3) is 0 Å².